The van der Waals surface area contributed by atoms with Crippen molar-refractivity contribution in [2.24, 2.45) is 17.1 Å². The highest BCUT2D eigenvalue weighted by atomic mass is 35.5. The van der Waals surface area contributed by atoms with Crippen LogP contribution >= 0.6 is 23.2 Å². The number of ketones is 1. The minimum Gasteiger partial charge on any atom is -0.369 e. The molecule has 1 unspecified atom stereocenters. The average Bonchev–Trinajstić information content (AvgIpc) is 3.03. The molecule has 5 heteroatoms. The summed E-state index contributed by atoms with van der Waals surface area (Å²) >= 11 is 12.6. The van der Waals surface area contributed by atoms with E-state index in [-0.39, 0.29) is 22.2 Å². The van der Waals surface area contributed by atoms with Crippen LogP contribution in [0.1, 0.15) is 60.5 Å². The SMILES string of the molecule is CC1(CC2CCCC2)Cc2cc(CC(N)=O)c(Cl)c(Cl)c2C1=O. The van der Waals surface area contributed by atoms with Crippen LogP contribution < -0.4 is 5.73 Å². The van der Waals surface area contributed by atoms with Crippen LogP contribution in [0.5, 0.6) is 0 Å². The van der Waals surface area contributed by atoms with Crippen molar-refractivity contribution in [3.05, 3.63) is 32.8 Å². The van der Waals surface area contributed by atoms with E-state index in [4.69, 9.17) is 28.9 Å². The quantitative estimate of drug-likeness (QED) is 0.874. The summed E-state index contributed by atoms with van der Waals surface area (Å²) in [5, 5.41) is 0.559. The van der Waals surface area contributed by atoms with Crippen LogP contribution in [0.15, 0.2) is 6.07 Å². The summed E-state index contributed by atoms with van der Waals surface area (Å²) in [7, 11) is 0. The Morgan fingerprint density at radius 2 is 1.96 bits per heavy atom. The maximum Gasteiger partial charge on any atom is 0.221 e. The van der Waals surface area contributed by atoms with Gasteiger partial charge in [0, 0.05) is 11.0 Å². The van der Waals surface area contributed by atoms with E-state index in [2.05, 4.69) is 0 Å². The van der Waals surface area contributed by atoms with Gasteiger partial charge in [0.25, 0.3) is 0 Å². The number of hydrogen-bond acceptors (Lipinski definition) is 2. The summed E-state index contributed by atoms with van der Waals surface area (Å²) in [6.45, 7) is 2.03. The zero-order valence-corrected chi connectivity index (χ0v) is 14.8. The Kier molecular flexibility index (Phi) is 4.45. The number of amides is 1. The minimum absolute atomic E-state index is 0.0410. The van der Waals surface area contributed by atoms with Crippen molar-refractivity contribution in [1.29, 1.82) is 0 Å². The Labute approximate surface area is 146 Å². The number of benzene rings is 1. The molecule has 0 radical (unpaired) electrons. The predicted molar refractivity (Wildman–Crippen MR) is 92.1 cm³/mol. The Balaban J connectivity index is 1.95. The first-order chi connectivity index (χ1) is 10.8. The van der Waals surface area contributed by atoms with E-state index in [1.165, 1.54) is 25.7 Å². The molecule has 3 nitrogen and oxygen atoms in total. The summed E-state index contributed by atoms with van der Waals surface area (Å²) in [5.41, 5.74) is 6.93. The minimum atomic E-state index is -0.457. The molecule has 2 aliphatic carbocycles. The van der Waals surface area contributed by atoms with E-state index in [0.717, 1.165) is 12.0 Å². The second-order valence-electron chi connectivity index (χ2n) is 7.26. The lowest BCUT2D eigenvalue weighted by Gasteiger charge is -2.25. The van der Waals surface area contributed by atoms with E-state index < -0.39 is 11.3 Å². The lowest BCUT2D eigenvalue weighted by atomic mass is 9.77. The Hall–Kier alpha value is -1.06. The standard InChI is InChI=1S/C18H21Cl2NO2/c1-18(8-10-4-2-3-5-10)9-12-6-11(7-13(21)22)15(19)16(20)14(12)17(18)23/h6,10H,2-5,7-9H2,1H3,(H2,21,22). The number of rotatable bonds is 4. The maximum atomic E-state index is 13.0. The van der Waals surface area contributed by atoms with Crippen LogP contribution in [0.4, 0.5) is 0 Å². The molecule has 1 atom stereocenters. The average molecular weight is 354 g/mol. The second kappa shape index (κ2) is 6.10. The number of carbonyl (C=O) groups excluding carboxylic acids is 2. The summed E-state index contributed by atoms with van der Waals surface area (Å²) in [5.74, 6) is 0.260. The van der Waals surface area contributed by atoms with Gasteiger partial charge in [0.05, 0.1) is 16.5 Å². The smallest absolute Gasteiger partial charge is 0.221 e. The number of halogens is 2. The van der Waals surface area contributed by atoms with Crippen LogP contribution in [0.25, 0.3) is 0 Å². The fraction of sp³-hybridized carbons (Fsp3) is 0.556. The zero-order chi connectivity index (χ0) is 16.8. The molecule has 0 heterocycles. The van der Waals surface area contributed by atoms with Crippen molar-refractivity contribution in [2.75, 3.05) is 0 Å². The highest BCUT2D eigenvalue weighted by Crippen LogP contribution is 2.48. The number of Topliss-reactive ketones (excluding diaryl/α,β-unsaturated/α-hetero) is 1. The maximum absolute atomic E-state index is 13.0. The van der Waals surface area contributed by atoms with Crippen molar-refractivity contribution in [3.63, 3.8) is 0 Å². The largest absolute Gasteiger partial charge is 0.369 e. The van der Waals surface area contributed by atoms with Crippen molar-refractivity contribution < 1.29 is 9.59 Å². The number of fused-ring (bicyclic) bond motifs is 1. The van der Waals surface area contributed by atoms with E-state index in [1.54, 1.807) is 0 Å². The number of nitrogens with two attached hydrogens (primary N) is 1. The van der Waals surface area contributed by atoms with Gasteiger partial charge in [-0.25, -0.2) is 0 Å². The van der Waals surface area contributed by atoms with Gasteiger partial charge in [-0.05, 0) is 29.9 Å². The van der Waals surface area contributed by atoms with E-state index in [0.29, 0.717) is 23.5 Å². The first-order valence-electron chi connectivity index (χ1n) is 8.14. The molecule has 1 aromatic rings. The third-order valence-corrected chi connectivity index (χ3v) is 6.20. The molecule has 3 rings (SSSR count). The van der Waals surface area contributed by atoms with Gasteiger partial charge in [0.15, 0.2) is 5.78 Å². The first-order valence-corrected chi connectivity index (χ1v) is 8.90. The molecule has 0 bridgehead atoms. The molecule has 1 aromatic carbocycles. The van der Waals surface area contributed by atoms with Gasteiger partial charge in [0.1, 0.15) is 0 Å². The highest BCUT2D eigenvalue weighted by molar-refractivity contribution is 6.45. The number of primary amides is 1. The van der Waals surface area contributed by atoms with E-state index >= 15 is 0 Å². The third-order valence-electron chi connectivity index (χ3n) is 5.30. The monoisotopic (exact) mass is 353 g/mol. The van der Waals surface area contributed by atoms with Crippen molar-refractivity contribution >= 4 is 34.9 Å². The van der Waals surface area contributed by atoms with E-state index in [9.17, 15) is 9.59 Å². The van der Waals surface area contributed by atoms with Crippen LogP contribution in [0, 0.1) is 11.3 Å². The van der Waals surface area contributed by atoms with Gasteiger partial charge in [-0.3, -0.25) is 9.59 Å². The highest BCUT2D eigenvalue weighted by Gasteiger charge is 2.45. The van der Waals surface area contributed by atoms with Gasteiger partial charge >= 0.3 is 0 Å². The fourth-order valence-electron chi connectivity index (χ4n) is 4.26. The summed E-state index contributed by atoms with van der Waals surface area (Å²) in [6, 6.07) is 1.84. The van der Waals surface area contributed by atoms with Crippen LogP contribution in [-0.2, 0) is 17.6 Å². The van der Waals surface area contributed by atoms with Gasteiger partial charge in [-0.15, -0.1) is 0 Å². The van der Waals surface area contributed by atoms with Crippen molar-refractivity contribution in [1.82, 2.24) is 0 Å². The molecule has 0 aromatic heterocycles. The normalized spacial score (nSPS) is 24.2. The lowest BCUT2D eigenvalue weighted by Crippen LogP contribution is -2.26. The third kappa shape index (κ3) is 3.01. The molecular formula is C18H21Cl2NO2. The molecule has 23 heavy (non-hydrogen) atoms. The predicted octanol–water partition coefficient (Wildman–Crippen LogP) is 4.35. The molecular weight excluding hydrogens is 333 g/mol. The van der Waals surface area contributed by atoms with Gasteiger partial charge in [-0.2, -0.15) is 0 Å². The molecule has 1 fully saturated rings. The molecule has 1 amide bonds. The fourth-order valence-corrected chi connectivity index (χ4v) is 4.80. The van der Waals surface area contributed by atoms with Crippen LogP contribution in [0.3, 0.4) is 0 Å². The van der Waals surface area contributed by atoms with Gasteiger partial charge < -0.3 is 5.73 Å². The van der Waals surface area contributed by atoms with E-state index in [1.807, 2.05) is 13.0 Å². The summed E-state index contributed by atoms with van der Waals surface area (Å²) in [6.07, 6.45) is 6.55. The number of carbonyl (C=O) groups is 2. The summed E-state index contributed by atoms with van der Waals surface area (Å²) in [4.78, 5) is 24.2. The second-order valence-corrected chi connectivity index (χ2v) is 8.02. The van der Waals surface area contributed by atoms with Crippen LogP contribution in [0.2, 0.25) is 10.0 Å². The zero-order valence-electron chi connectivity index (χ0n) is 13.3. The molecule has 2 aliphatic rings. The Morgan fingerprint density at radius 3 is 2.57 bits per heavy atom. The van der Waals surface area contributed by atoms with Gasteiger partial charge in [-0.1, -0.05) is 61.9 Å². The summed E-state index contributed by atoms with van der Waals surface area (Å²) < 4.78 is 0. The molecule has 2 N–H and O–H groups in total. The van der Waals surface area contributed by atoms with Crippen molar-refractivity contribution in [3.8, 4) is 0 Å². The first kappa shape index (κ1) is 16.8. The molecule has 0 aliphatic heterocycles. The molecule has 0 saturated heterocycles. The topological polar surface area (TPSA) is 60.2 Å². The van der Waals surface area contributed by atoms with Gasteiger partial charge in [0.2, 0.25) is 5.91 Å². The Morgan fingerprint density at radius 1 is 1.30 bits per heavy atom. The molecule has 1 saturated carbocycles. The van der Waals surface area contributed by atoms with Crippen LogP contribution in [-0.4, -0.2) is 11.7 Å². The van der Waals surface area contributed by atoms with Crippen molar-refractivity contribution in [2.45, 2.75) is 51.9 Å². The lowest BCUT2D eigenvalue weighted by molar-refractivity contribution is -0.117. The molecule has 124 valence electrons. The number of hydrogen-bond donors (Lipinski definition) is 1. The Bertz CT molecular complexity index is 680. The molecule has 0 spiro atoms.